The van der Waals surface area contributed by atoms with Crippen LogP contribution in [0.4, 0.5) is 5.13 Å². The predicted octanol–water partition coefficient (Wildman–Crippen LogP) is 5.15. The van der Waals surface area contributed by atoms with Crippen molar-refractivity contribution in [3.63, 3.8) is 0 Å². The average molecular weight is 455 g/mol. The number of carbonyl (C=O) groups is 1. The summed E-state index contributed by atoms with van der Waals surface area (Å²) in [5.41, 5.74) is 3.31. The maximum absolute atomic E-state index is 13.5. The number of sulfone groups is 1. The van der Waals surface area contributed by atoms with Gasteiger partial charge >= 0.3 is 0 Å². The Balaban J connectivity index is 1.80. The van der Waals surface area contributed by atoms with Gasteiger partial charge in [0.15, 0.2) is 15.0 Å². The van der Waals surface area contributed by atoms with Crippen LogP contribution in [0.2, 0.25) is 0 Å². The van der Waals surface area contributed by atoms with E-state index in [1.54, 1.807) is 37.5 Å². The number of aromatic nitrogens is 1. The van der Waals surface area contributed by atoms with Crippen LogP contribution in [0.25, 0.3) is 10.2 Å². The summed E-state index contributed by atoms with van der Waals surface area (Å²) in [6.07, 6.45) is 1.55. The van der Waals surface area contributed by atoms with Crippen LogP contribution >= 0.6 is 11.3 Å². The maximum atomic E-state index is 13.5. The molecule has 6 nitrogen and oxygen atoms in total. The topological polar surface area (TPSA) is 80.5 Å². The highest BCUT2D eigenvalue weighted by atomic mass is 32.2. The largest absolute Gasteiger partial charge is 0.467 e. The number of carbonyl (C=O) groups excluding carboxylic acids is 1. The second kappa shape index (κ2) is 8.28. The second-order valence-electron chi connectivity index (χ2n) is 7.33. The van der Waals surface area contributed by atoms with Gasteiger partial charge in [0.25, 0.3) is 5.91 Å². The van der Waals surface area contributed by atoms with Crippen molar-refractivity contribution in [2.24, 2.45) is 0 Å². The van der Waals surface area contributed by atoms with Gasteiger partial charge in [0.2, 0.25) is 0 Å². The number of nitrogens with zero attached hydrogens (tertiary/aromatic N) is 2. The third-order valence-electron chi connectivity index (χ3n) is 5.00. The Hall–Kier alpha value is -2.97. The molecular formula is C23H22N2O4S2. The van der Waals surface area contributed by atoms with Gasteiger partial charge < -0.3 is 4.42 Å². The fourth-order valence-corrected chi connectivity index (χ4v) is 5.35. The Morgan fingerprint density at radius 3 is 2.65 bits per heavy atom. The quantitative estimate of drug-likeness (QED) is 0.403. The zero-order valence-corrected chi connectivity index (χ0v) is 19.1. The van der Waals surface area contributed by atoms with Crippen molar-refractivity contribution in [3.8, 4) is 0 Å². The lowest BCUT2D eigenvalue weighted by molar-refractivity contribution is 0.0983. The van der Waals surface area contributed by atoms with Crippen LogP contribution in [0.1, 0.15) is 34.2 Å². The molecule has 2 heterocycles. The molecule has 8 heteroatoms. The highest BCUT2D eigenvalue weighted by Gasteiger charge is 2.24. The average Bonchev–Trinajstić information content (AvgIpc) is 3.41. The second-order valence-corrected chi connectivity index (χ2v) is 10.6. The molecule has 4 rings (SSSR count). The third kappa shape index (κ3) is 4.26. The predicted molar refractivity (Wildman–Crippen MR) is 122 cm³/mol. The van der Waals surface area contributed by atoms with Crippen LogP contribution in [0.5, 0.6) is 0 Å². The molecule has 0 unspecified atom stereocenters. The summed E-state index contributed by atoms with van der Waals surface area (Å²) in [6, 6.07) is 13.8. The van der Waals surface area contributed by atoms with Crippen molar-refractivity contribution in [2.75, 3.05) is 10.7 Å². The first kappa shape index (κ1) is 21.3. The minimum atomic E-state index is -3.43. The molecule has 2 aromatic carbocycles. The van der Waals surface area contributed by atoms with E-state index in [0.29, 0.717) is 10.9 Å². The minimum absolute atomic E-state index is 0.0305. The van der Waals surface area contributed by atoms with E-state index in [4.69, 9.17) is 9.40 Å². The fraction of sp³-hybridized carbons (Fsp3) is 0.217. The SMILES string of the molecule is CCS(=O)(=O)c1cccc(C(=O)N(Cc2ccco2)c2nc3cc(C)cc(C)c3s2)c1. The highest BCUT2D eigenvalue weighted by Crippen LogP contribution is 2.33. The first-order chi connectivity index (χ1) is 14.8. The van der Waals surface area contributed by atoms with Gasteiger partial charge in [-0.25, -0.2) is 13.4 Å². The summed E-state index contributed by atoms with van der Waals surface area (Å²) >= 11 is 1.43. The molecule has 0 saturated heterocycles. The Morgan fingerprint density at radius 2 is 1.94 bits per heavy atom. The summed E-state index contributed by atoms with van der Waals surface area (Å²) in [5.74, 6) is 0.243. The van der Waals surface area contributed by atoms with Crippen LogP contribution in [0, 0.1) is 13.8 Å². The van der Waals surface area contributed by atoms with Gasteiger partial charge in [0.05, 0.1) is 33.7 Å². The molecule has 0 saturated carbocycles. The van der Waals surface area contributed by atoms with Crippen molar-refractivity contribution in [1.82, 2.24) is 4.98 Å². The number of hydrogen-bond acceptors (Lipinski definition) is 6. The fourth-order valence-electron chi connectivity index (χ4n) is 3.41. The number of anilines is 1. The lowest BCUT2D eigenvalue weighted by Gasteiger charge is -2.19. The van der Waals surface area contributed by atoms with Crippen LogP contribution in [-0.4, -0.2) is 25.1 Å². The van der Waals surface area contributed by atoms with E-state index < -0.39 is 9.84 Å². The molecule has 1 amide bonds. The van der Waals surface area contributed by atoms with Crippen LogP contribution in [-0.2, 0) is 16.4 Å². The zero-order chi connectivity index (χ0) is 22.2. The standard InChI is InChI=1S/C23H22N2O4S2/c1-4-31(27,28)19-9-5-7-17(13-19)22(26)25(14-18-8-6-10-29-18)23-24-20-12-15(2)11-16(3)21(20)30-23/h5-13H,4,14H2,1-3H3. The van der Waals surface area contributed by atoms with Gasteiger partial charge in [0, 0.05) is 5.56 Å². The van der Waals surface area contributed by atoms with Gasteiger partial charge in [-0.3, -0.25) is 9.69 Å². The first-order valence-corrected chi connectivity index (χ1v) is 12.3. The van der Waals surface area contributed by atoms with Crippen molar-refractivity contribution in [3.05, 3.63) is 77.2 Å². The first-order valence-electron chi connectivity index (χ1n) is 9.83. The van der Waals surface area contributed by atoms with E-state index in [-0.39, 0.29) is 28.7 Å². The molecule has 0 fully saturated rings. The molecule has 0 radical (unpaired) electrons. The van der Waals surface area contributed by atoms with Crippen LogP contribution in [0.15, 0.2) is 64.1 Å². The van der Waals surface area contributed by atoms with Crippen molar-refractivity contribution < 1.29 is 17.6 Å². The molecule has 31 heavy (non-hydrogen) atoms. The van der Waals surface area contributed by atoms with Gasteiger partial charge in [-0.05, 0) is 61.4 Å². The van der Waals surface area contributed by atoms with E-state index in [1.807, 2.05) is 19.9 Å². The number of aryl methyl sites for hydroxylation is 2. The molecule has 0 spiro atoms. The molecule has 2 aromatic heterocycles. The molecule has 160 valence electrons. The molecule has 0 atom stereocenters. The molecule has 0 aliphatic rings. The summed E-state index contributed by atoms with van der Waals surface area (Å²) < 4.78 is 31.1. The van der Waals surface area contributed by atoms with Crippen molar-refractivity contribution >= 4 is 42.4 Å². The monoisotopic (exact) mass is 454 g/mol. The number of rotatable bonds is 6. The van der Waals surface area contributed by atoms with Crippen molar-refractivity contribution in [2.45, 2.75) is 32.2 Å². The Kier molecular flexibility index (Phi) is 5.68. The van der Waals surface area contributed by atoms with Gasteiger partial charge in [-0.2, -0.15) is 0 Å². The minimum Gasteiger partial charge on any atom is -0.467 e. The Bertz CT molecular complexity index is 1360. The lowest BCUT2D eigenvalue weighted by Crippen LogP contribution is -2.30. The number of hydrogen-bond donors (Lipinski definition) is 0. The Labute approximate surface area is 185 Å². The van der Waals surface area contributed by atoms with E-state index >= 15 is 0 Å². The smallest absolute Gasteiger partial charge is 0.260 e. The summed E-state index contributed by atoms with van der Waals surface area (Å²) in [6.45, 7) is 5.80. The molecule has 0 N–H and O–H groups in total. The van der Waals surface area contributed by atoms with E-state index in [2.05, 4.69) is 6.07 Å². The summed E-state index contributed by atoms with van der Waals surface area (Å²) in [5, 5.41) is 0.536. The van der Waals surface area contributed by atoms with Gasteiger partial charge in [-0.1, -0.05) is 30.4 Å². The number of benzene rings is 2. The molecule has 0 bridgehead atoms. The summed E-state index contributed by atoms with van der Waals surface area (Å²) in [4.78, 5) is 19.9. The van der Waals surface area contributed by atoms with E-state index in [9.17, 15) is 13.2 Å². The van der Waals surface area contributed by atoms with Crippen LogP contribution < -0.4 is 4.90 Å². The third-order valence-corrected chi connectivity index (χ3v) is 7.96. The van der Waals surface area contributed by atoms with Crippen molar-refractivity contribution in [1.29, 1.82) is 0 Å². The highest BCUT2D eigenvalue weighted by molar-refractivity contribution is 7.91. The molecular weight excluding hydrogens is 432 g/mol. The normalized spacial score (nSPS) is 11.7. The Morgan fingerprint density at radius 1 is 1.13 bits per heavy atom. The van der Waals surface area contributed by atoms with Gasteiger partial charge in [0.1, 0.15) is 5.76 Å². The van der Waals surface area contributed by atoms with Crippen LogP contribution in [0.3, 0.4) is 0 Å². The van der Waals surface area contributed by atoms with E-state index in [0.717, 1.165) is 21.3 Å². The number of furan rings is 1. The number of fused-ring (bicyclic) bond motifs is 1. The summed E-state index contributed by atoms with van der Waals surface area (Å²) in [7, 11) is -3.43. The lowest BCUT2D eigenvalue weighted by atomic mass is 10.1. The van der Waals surface area contributed by atoms with E-state index in [1.165, 1.54) is 28.4 Å². The maximum Gasteiger partial charge on any atom is 0.260 e. The number of thiazole rings is 1. The van der Waals surface area contributed by atoms with Gasteiger partial charge in [-0.15, -0.1) is 0 Å². The zero-order valence-electron chi connectivity index (χ0n) is 17.5. The number of amides is 1. The molecule has 0 aliphatic carbocycles. The molecule has 4 aromatic rings. The molecule has 0 aliphatic heterocycles.